The molecule has 0 unspecified atom stereocenters. The summed E-state index contributed by atoms with van der Waals surface area (Å²) in [5.41, 5.74) is 4.64. The molecule has 0 saturated carbocycles. The van der Waals surface area contributed by atoms with Crippen molar-refractivity contribution in [1.29, 1.82) is 0 Å². The van der Waals surface area contributed by atoms with Crippen molar-refractivity contribution in [3.05, 3.63) is 58.4 Å². The molecule has 2 aromatic rings. The molecule has 7 heteroatoms. The molecule has 4 N–H and O–H groups in total. The number of hydrogen-bond acceptors (Lipinski definition) is 4. The molecule has 0 bridgehead atoms. The third-order valence-corrected chi connectivity index (χ3v) is 1.81. The fourth-order valence-corrected chi connectivity index (χ4v) is 0.973. The van der Waals surface area contributed by atoms with Crippen LogP contribution in [0.4, 0.5) is 10.2 Å². The van der Waals surface area contributed by atoms with Crippen LogP contribution in [-0.4, -0.2) is 21.0 Å². The molecule has 0 aliphatic carbocycles. The predicted octanol–water partition coefficient (Wildman–Crippen LogP) is 0.876. The number of nitrogen functional groups attached to an aromatic ring is 1. The van der Waals surface area contributed by atoms with Crippen LogP contribution in [0.25, 0.3) is 0 Å². The quantitative estimate of drug-likeness (QED) is 0.696. The van der Waals surface area contributed by atoms with Gasteiger partial charge < -0.3 is 10.8 Å². The molecule has 0 amide bonds. The van der Waals surface area contributed by atoms with Crippen molar-refractivity contribution < 1.29 is 14.3 Å². The molecule has 0 atom stereocenters. The number of hydrogen-bond donors (Lipinski definition) is 3. The van der Waals surface area contributed by atoms with Gasteiger partial charge in [-0.1, -0.05) is 18.2 Å². The van der Waals surface area contributed by atoms with Crippen molar-refractivity contribution in [2.24, 2.45) is 0 Å². The summed E-state index contributed by atoms with van der Waals surface area (Å²) in [6.45, 7) is 0. The number of benzene rings is 1. The molecule has 0 fully saturated rings. The maximum atomic E-state index is 12.1. The van der Waals surface area contributed by atoms with E-state index in [-0.39, 0.29) is 5.82 Å². The number of aromatic nitrogens is 2. The number of rotatable bonds is 1. The highest BCUT2D eigenvalue weighted by molar-refractivity contribution is 5.87. The van der Waals surface area contributed by atoms with Crippen molar-refractivity contribution in [2.45, 2.75) is 0 Å². The predicted molar refractivity (Wildman–Crippen MR) is 62.6 cm³/mol. The largest absolute Gasteiger partial charge is 0.478 e. The molecule has 18 heavy (non-hydrogen) atoms. The summed E-state index contributed by atoms with van der Waals surface area (Å²) in [6, 6.07) is 8.30. The lowest BCUT2D eigenvalue weighted by Crippen LogP contribution is -2.12. The number of nitrogens with one attached hydrogen (secondary N) is 1. The SMILES string of the molecule is Nc1[nH]c(=O)ncc1F.O=C(O)c1ccccc1. The second kappa shape index (κ2) is 6.14. The minimum Gasteiger partial charge on any atom is -0.478 e. The van der Waals surface area contributed by atoms with Crippen molar-refractivity contribution in [2.75, 3.05) is 5.73 Å². The fraction of sp³-hybridized carbons (Fsp3) is 0. The first-order chi connectivity index (χ1) is 8.50. The number of aromatic amines is 1. The molecule has 0 aliphatic heterocycles. The first-order valence-corrected chi connectivity index (χ1v) is 4.79. The van der Waals surface area contributed by atoms with Crippen LogP contribution >= 0.6 is 0 Å². The molecular weight excluding hydrogens is 241 g/mol. The van der Waals surface area contributed by atoms with E-state index in [4.69, 9.17) is 10.8 Å². The number of carboxylic acids is 1. The number of aromatic carboxylic acids is 1. The molecule has 1 aromatic carbocycles. The van der Waals surface area contributed by atoms with Crippen LogP contribution in [-0.2, 0) is 0 Å². The van der Waals surface area contributed by atoms with Gasteiger partial charge in [0.05, 0.1) is 11.8 Å². The first kappa shape index (κ1) is 13.4. The van der Waals surface area contributed by atoms with E-state index in [1.54, 1.807) is 30.3 Å². The lowest BCUT2D eigenvalue weighted by Gasteiger charge is -1.89. The molecule has 2 rings (SSSR count). The highest BCUT2D eigenvalue weighted by Crippen LogP contribution is 1.97. The van der Waals surface area contributed by atoms with Gasteiger partial charge in [-0.05, 0) is 12.1 Å². The Labute approximate surface area is 101 Å². The summed E-state index contributed by atoms with van der Waals surface area (Å²) in [5.74, 6) is -1.87. The van der Waals surface area contributed by atoms with Crippen molar-refractivity contribution >= 4 is 11.8 Å². The number of anilines is 1. The van der Waals surface area contributed by atoms with Crippen LogP contribution in [0.5, 0.6) is 0 Å². The van der Waals surface area contributed by atoms with Crippen LogP contribution in [0.2, 0.25) is 0 Å². The Morgan fingerprint density at radius 3 is 2.33 bits per heavy atom. The van der Waals surface area contributed by atoms with E-state index in [0.717, 1.165) is 6.20 Å². The van der Waals surface area contributed by atoms with Gasteiger partial charge in [0.25, 0.3) is 0 Å². The minimum atomic E-state index is -0.879. The topological polar surface area (TPSA) is 109 Å². The summed E-state index contributed by atoms with van der Waals surface area (Å²) < 4.78 is 12.1. The summed E-state index contributed by atoms with van der Waals surface area (Å²) in [6.07, 6.45) is 0.772. The average molecular weight is 251 g/mol. The maximum Gasteiger partial charge on any atom is 0.346 e. The zero-order chi connectivity index (χ0) is 13.5. The third-order valence-electron chi connectivity index (χ3n) is 1.81. The van der Waals surface area contributed by atoms with E-state index < -0.39 is 17.5 Å². The average Bonchev–Trinajstić information content (AvgIpc) is 2.36. The number of H-pyrrole nitrogens is 1. The van der Waals surface area contributed by atoms with Crippen molar-refractivity contribution in [3.63, 3.8) is 0 Å². The molecule has 0 saturated heterocycles. The zero-order valence-corrected chi connectivity index (χ0v) is 9.13. The molecule has 0 radical (unpaired) electrons. The minimum absolute atomic E-state index is 0.282. The van der Waals surface area contributed by atoms with Gasteiger partial charge in [0.15, 0.2) is 5.82 Å². The first-order valence-electron chi connectivity index (χ1n) is 4.79. The van der Waals surface area contributed by atoms with Gasteiger partial charge in [0.1, 0.15) is 5.82 Å². The number of nitrogens with zero attached hydrogens (tertiary/aromatic N) is 1. The Kier molecular flexibility index (Phi) is 4.56. The van der Waals surface area contributed by atoms with Gasteiger partial charge in [0.2, 0.25) is 0 Å². The Bertz CT molecular complexity index is 584. The summed E-state index contributed by atoms with van der Waals surface area (Å²) in [7, 11) is 0. The Morgan fingerprint density at radius 2 is 1.94 bits per heavy atom. The van der Waals surface area contributed by atoms with E-state index in [1.165, 1.54) is 0 Å². The summed E-state index contributed by atoms with van der Waals surface area (Å²) in [5, 5.41) is 8.38. The van der Waals surface area contributed by atoms with Crippen LogP contribution in [0.3, 0.4) is 0 Å². The molecule has 0 aliphatic rings. The van der Waals surface area contributed by atoms with Crippen molar-refractivity contribution in [3.8, 4) is 0 Å². The molecule has 94 valence electrons. The van der Waals surface area contributed by atoms with Gasteiger partial charge in [-0.3, -0.25) is 4.98 Å². The van der Waals surface area contributed by atoms with Gasteiger partial charge in [-0.15, -0.1) is 0 Å². The van der Waals surface area contributed by atoms with Crippen LogP contribution in [0.15, 0.2) is 41.3 Å². The van der Waals surface area contributed by atoms with Crippen LogP contribution < -0.4 is 11.4 Å². The Morgan fingerprint density at radius 1 is 1.33 bits per heavy atom. The monoisotopic (exact) mass is 251 g/mol. The lowest BCUT2D eigenvalue weighted by molar-refractivity contribution is 0.0697. The molecule has 0 spiro atoms. The van der Waals surface area contributed by atoms with E-state index in [0.29, 0.717) is 5.56 Å². The van der Waals surface area contributed by atoms with Gasteiger partial charge >= 0.3 is 11.7 Å². The standard InChI is InChI=1S/C7H6O2.C4H4FN3O/c8-7(9)6-4-2-1-3-5-6;5-2-1-7-4(9)8-3(2)6/h1-5H,(H,8,9);1H,(H3,6,7,8,9). The van der Waals surface area contributed by atoms with Gasteiger partial charge in [0, 0.05) is 0 Å². The number of halogens is 1. The van der Waals surface area contributed by atoms with Crippen molar-refractivity contribution in [1.82, 2.24) is 9.97 Å². The highest BCUT2D eigenvalue weighted by atomic mass is 19.1. The van der Waals surface area contributed by atoms with Crippen LogP contribution in [0.1, 0.15) is 10.4 Å². The second-order valence-electron chi connectivity index (χ2n) is 3.12. The normalized spacial score (nSPS) is 9.17. The molecule has 1 heterocycles. The van der Waals surface area contributed by atoms with Crippen LogP contribution in [0, 0.1) is 5.82 Å². The van der Waals surface area contributed by atoms with E-state index in [1.807, 2.05) is 4.98 Å². The molecule has 1 aromatic heterocycles. The van der Waals surface area contributed by atoms with Gasteiger partial charge in [-0.25, -0.2) is 14.0 Å². The highest BCUT2D eigenvalue weighted by Gasteiger charge is 1.96. The smallest absolute Gasteiger partial charge is 0.346 e. The van der Waals surface area contributed by atoms with E-state index >= 15 is 0 Å². The van der Waals surface area contributed by atoms with Gasteiger partial charge in [-0.2, -0.15) is 4.98 Å². The fourth-order valence-electron chi connectivity index (χ4n) is 0.973. The summed E-state index contributed by atoms with van der Waals surface area (Å²) >= 11 is 0. The lowest BCUT2D eigenvalue weighted by atomic mass is 10.2. The number of carbonyl (C=O) groups is 1. The molecular formula is C11H10FN3O3. The second-order valence-corrected chi connectivity index (χ2v) is 3.12. The maximum absolute atomic E-state index is 12.1. The summed E-state index contributed by atoms with van der Waals surface area (Å²) in [4.78, 5) is 25.5. The Hall–Kier alpha value is -2.70. The Balaban J connectivity index is 0.000000180. The third kappa shape index (κ3) is 4.05. The number of nitrogens with two attached hydrogens (primary N) is 1. The van der Waals surface area contributed by atoms with E-state index in [9.17, 15) is 14.0 Å². The molecule has 6 nitrogen and oxygen atoms in total. The van der Waals surface area contributed by atoms with E-state index in [2.05, 4.69) is 4.98 Å². The zero-order valence-electron chi connectivity index (χ0n) is 9.13. The number of carboxylic acid groups (broad SMARTS) is 1.